The number of carbonyl (C=O) groups excluding carboxylic acids is 1. The lowest BCUT2D eigenvalue weighted by atomic mass is 10.0. The number of hydrogen-bond donors (Lipinski definition) is 2. The number of amides is 2. The van der Waals surface area contributed by atoms with Gasteiger partial charge in [0.1, 0.15) is 6.04 Å². The molecule has 1 aromatic rings. The predicted molar refractivity (Wildman–Crippen MR) is 80.0 cm³/mol. The number of benzene rings is 1. The zero-order valence-electron chi connectivity index (χ0n) is 12.3. The minimum atomic E-state index is -0.964. The van der Waals surface area contributed by atoms with Crippen molar-refractivity contribution in [2.45, 2.75) is 45.2 Å². The molecule has 5 nitrogen and oxygen atoms in total. The smallest absolute Gasteiger partial charge is 0.326 e. The fourth-order valence-electron chi connectivity index (χ4n) is 2.58. The van der Waals surface area contributed by atoms with Gasteiger partial charge in [-0.3, -0.25) is 0 Å². The Morgan fingerprint density at radius 1 is 1.33 bits per heavy atom. The molecule has 1 heterocycles. The van der Waals surface area contributed by atoms with Gasteiger partial charge in [0.15, 0.2) is 0 Å². The highest BCUT2D eigenvalue weighted by Gasteiger charge is 2.25. The number of unbranched alkanes of at least 4 members (excludes halogenated alkanes) is 1. The molecule has 2 amide bonds. The molecular weight excluding hydrogens is 268 g/mol. The van der Waals surface area contributed by atoms with Gasteiger partial charge >= 0.3 is 12.0 Å². The molecule has 1 aliphatic rings. The summed E-state index contributed by atoms with van der Waals surface area (Å²) in [5.41, 5.74) is 2.40. The summed E-state index contributed by atoms with van der Waals surface area (Å²) >= 11 is 0. The van der Waals surface area contributed by atoms with Gasteiger partial charge in [-0.15, -0.1) is 0 Å². The molecule has 0 unspecified atom stereocenters. The lowest BCUT2D eigenvalue weighted by Crippen LogP contribution is -2.49. The highest BCUT2D eigenvalue weighted by Crippen LogP contribution is 2.18. The summed E-state index contributed by atoms with van der Waals surface area (Å²) in [4.78, 5) is 25.1. The van der Waals surface area contributed by atoms with Gasteiger partial charge in [0.05, 0.1) is 0 Å². The fourth-order valence-corrected chi connectivity index (χ4v) is 2.58. The number of hydrogen-bond acceptors (Lipinski definition) is 2. The zero-order chi connectivity index (χ0) is 15.2. The first-order valence-corrected chi connectivity index (χ1v) is 7.47. The molecule has 0 spiro atoms. The van der Waals surface area contributed by atoms with Crippen molar-refractivity contribution < 1.29 is 14.7 Å². The van der Waals surface area contributed by atoms with Gasteiger partial charge in [0, 0.05) is 13.1 Å². The van der Waals surface area contributed by atoms with Crippen LogP contribution in [0.1, 0.15) is 37.3 Å². The van der Waals surface area contributed by atoms with E-state index in [4.69, 9.17) is 0 Å². The maximum atomic E-state index is 12.2. The van der Waals surface area contributed by atoms with Gasteiger partial charge in [0.25, 0.3) is 0 Å². The van der Waals surface area contributed by atoms with Crippen molar-refractivity contribution >= 4 is 12.0 Å². The minimum Gasteiger partial charge on any atom is -0.480 e. The lowest BCUT2D eigenvalue weighted by Gasteiger charge is -2.30. The Bertz CT molecular complexity index is 516. The molecule has 114 valence electrons. The number of fused-ring (bicyclic) bond motifs is 1. The van der Waals surface area contributed by atoms with Crippen molar-refractivity contribution in [2.75, 3.05) is 6.54 Å². The first-order chi connectivity index (χ1) is 10.1. The van der Waals surface area contributed by atoms with Crippen molar-refractivity contribution in [3.63, 3.8) is 0 Å². The zero-order valence-corrected chi connectivity index (χ0v) is 12.3. The van der Waals surface area contributed by atoms with Gasteiger partial charge in [-0.1, -0.05) is 44.0 Å². The third-order valence-corrected chi connectivity index (χ3v) is 3.86. The molecule has 0 saturated heterocycles. The van der Waals surface area contributed by atoms with Crippen molar-refractivity contribution in [2.24, 2.45) is 0 Å². The van der Waals surface area contributed by atoms with Crippen LogP contribution in [0.4, 0.5) is 4.79 Å². The number of nitrogens with one attached hydrogen (secondary N) is 1. The Morgan fingerprint density at radius 3 is 2.71 bits per heavy atom. The Morgan fingerprint density at radius 2 is 2.05 bits per heavy atom. The van der Waals surface area contributed by atoms with E-state index in [1.807, 2.05) is 25.1 Å². The number of carbonyl (C=O) groups is 2. The topological polar surface area (TPSA) is 69.6 Å². The molecular formula is C16H22N2O3. The van der Waals surface area contributed by atoms with Crippen LogP contribution in [0.25, 0.3) is 0 Å². The molecule has 2 N–H and O–H groups in total. The summed E-state index contributed by atoms with van der Waals surface area (Å²) in [6.07, 6.45) is 3.00. The standard InChI is InChI=1S/C16H22N2O3/c1-2-3-8-14(15(19)20)17-16(21)18-10-9-12-6-4-5-7-13(12)11-18/h4-7,14H,2-3,8-11H2,1H3,(H,17,21)(H,19,20)/t14-/m0/s1. The Labute approximate surface area is 125 Å². The molecule has 0 aromatic heterocycles. The van der Waals surface area contributed by atoms with E-state index in [9.17, 15) is 14.7 Å². The van der Waals surface area contributed by atoms with E-state index < -0.39 is 12.0 Å². The number of carboxylic acid groups (broad SMARTS) is 1. The average molecular weight is 290 g/mol. The van der Waals surface area contributed by atoms with E-state index in [2.05, 4.69) is 11.4 Å². The number of aliphatic carboxylic acids is 1. The summed E-state index contributed by atoms with van der Waals surface area (Å²) in [7, 11) is 0. The van der Waals surface area contributed by atoms with E-state index in [-0.39, 0.29) is 6.03 Å². The first-order valence-electron chi connectivity index (χ1n) is 7.47. The predicted octanol–water partition coefficient (Wildman–Crippen LogP) is 2.40. The van der Waals surface area contributed by atoms with E-state index in [1.165, 1.54) is 5.56 Å². The number of urea groups is 1. The maximum absolute atomic E-state index is 12.2. The van der Waals surface area contributed by atoms with E-state index in [0.29, 0.717) is 19.5 Å². The minimum absolute atomic E-state index is 0.284. The summed E-state index contributed by atoms with van der Waals surface area (Å²) in [5, 5.41) is 11.8. The average Bonchev–Trinajstić information content (AvgIpc) is 2.50. The molecule has 0 bridgehead atoms. The number of nitrogens with zero attached hydrogens (tertiary/aromatic N) is 1. The molecule has 1 aliphatic heterocycles. The van der Waals surface area contributed by atoms with Crippen molar-refractivity contribution in [1.29, 1.82) is 0 Å². The summed E-state index contributed by atoms with van der Waals surface area (Å²) in [6, 6.07) is 6.97. The summed E-state index contributed by atoms with van der Waals surface area (Å²) < 4.78 is 0. The number of rotatable bonds is 5. The Balaban J connectivity index is 1.96. The van der Waals surface area contributed by atoms with Gasteiger partial charge < -0.3 is 15.3 Å². The van der Waals surface area contributed by atoms with Crippen molar-refractivity contribution in [3.05, 3.63) is 35.4 Å². The SMILES string of the molecule is CCCC[C@H](NC(=O)N1CCc2ccccc2C1)C(=O)O. The van der Waals surface area contributed by atoms with E-state index >= 15 is 0 Å². The van der Waals surface area contributed by atoms with Crippen LogP contribution in [-0.4, -0.2) is 34.6 Å². The Kier molecular flexibility index (Phi) is 5.20. The molecule has 5 heteroatoms. The van der Waals surface area contributed by atoms with Crippen molar-refractivity contribution in [1.82, 2.24) is 10.2 Å². The van der Waals surface area contributed by atoms with Gasteiger partial charge in [-0.2, -0.15) is 0 Å². The summed E-state index contributed by atoms with van der Waals surface area (Å²) in [6.45, 7) is 3.17. The summed E-state index contributed by atoms with van der Waals surface area (Å²) in [5.74, 6) is -0.964. The van der Waals surface area contributed by atoms with Crippen LogP contribution in [0.2, 0.25) is 0 Å². The second kappa shape index (κ2) is 7.11. The second-order valence-corrected chi connectivity index (χ2v) is 5.42. The molecule has 0 aliphatic carbocycles. The van der Waals surface area contributed by atoms with Gasteiger partial charge in [-0.05, 0) is 24.0 Å². The highest BCUT2D eigenvalue weighted by molar-refractivity contribution is 5.82. The molecule has 1 atom stereocenters. The molecule has 21 heavy (non-hydrogen) atoms. The van der Waals surface area contributed by atoms with Crippen LogP contribution in [0.15, 0.2) is 24.3 Å². The van der Waals surface area contributed by atoms with Gasteiger partial charge in [-0.25, -0.2) is 9.59 Å². The van der Waals surface area contributed by atoms with Crippen LogP contribution >= 0.6 is 0 Å². The van der Waals surface area contributed by atoms with Crippen LogP contribution < -0.4 is 5.32 Å². The normalized spacial score (nSPS) is 15.2. The second-order valence-electron chi connectivity index (χ2n) is 5.42. The molecule has 1 aromatic carbocycles. The molecule has 0 fully saturated rings. The number of carboxylic acids is 1. The Hall–Kier alpha value is -2.04. The molecule has 2 rings (SSSR count). The van der Waals surface area contributed by atoms with E-state index in [1.54, 1.807) is 4.90 Å². The fraction of sp³-hybridized carbons (Fsp3) is 0.500. The van der Waals surface area contributed by atoms with Crippen LogP contribution in [-0.2, 0) is 17.8 Å². The van der Waals surface area contributed by atoms with Crippen LogP contribution in [0.3, 0.4) is 0 Å². The quantitative estimate of drug-likeness (QED) is 0.875. The molecule has 0 radical (unpaired) electrons. The van der Waals surface area contributed by atoms with Gasteiger partial charge in [0.2, 0.25) is 0 Å². The molecule has 0 saturated carbocycles. The lowest BCUT2D eigenvalue weighted by molar-refractivity contribution is -0.139. The third kappa shape index (κ3) is 3.97. The van der Waals surface area contributed by atoms with Crippen LogP contribution in [0.5, 0.6) is 0 Å². The maximum Gasteiger partial charge on any atom is 0.326 e. The highest BCUT2D eigenvalue weighted by atomic mass is 16.4. The van der Waals surface area contributed by atoms with Crippen LogP contribution in [0, 0.1) is 0 Å². The monoisotopic (exact) mass is 290 g/mol. The van der Waals surface area contributed by atoms with Crippen molar-refractivity contribution in [3.8, 4) is 0 Å². The largest absolute Gasteiger partial charge is 0.480 e. The third-order valence-electron chi connectivity index (χ3n) is 3.86. The van der Waals surface area contributed by atoms with E-state index in [0.717, 1.165) is 24.8 Å². The first kappa shape index (κ1) is 15.4.